The number of aryl methyl sites for hydroxylation is 1. The minimum absolute atomic E-state index is 0.0570. The summed E-state index contributed by atoms with van der Waals surface area (Å²) in [6.45, 7) is 10.9. The minimum atomic E-state index is -2.79. The smallest absolute Gasteiger partial charge is 0.197 e. The van der Waals surface area contributed by atoms with Crippen LogP contribution in [0.4, 0.5) is 0 Å². The van der Waals surface area contributed by atoms with E-state index in [2.05, 4.69) is 0 Å². The summed E-state index contributed by atoms with van der Waals surface area (Å²) in [5, 5.41) is 57.5. The number of hydrogen-bond acceptors (Lipinski definition) is 8. The zero-order chi connectivity index (χ0) is 26.6. The third-order valence-electron chi connectivity index (χ3n) is 9.04. The van der Waals surface area contributed by atoms with E-state index in [1.807, 2.05) is 0 Å². The minimum Gasteiger partial charge on any atom is -0.508 e. The van der Waals surface area contributed by atoms with Crippen LogP contribution in [0.25, 0.3) is 0 Å². The van der Waals surface area contributed by atoms with Crippen molar-refractivity contribution in [2.24, 2.45) is 22.7 Å². The van der Waals surface area contributed by atoms with E-state index in [4.69, 9.17) is 0 Å². The first-order chi connectivity index (χ1) is 16.0. The molecule has 5 N–H and O–H groups in total. The Hall–Kier alpha value is -2.97. The predicted molar refractivity (Wildman–Crippen MR) is 126 cm³/mol. The first-order valence-corrected chi connectivity index (χ1v) is 11.7. The molecule has 0 spiro atoms. The van der Waals surface area contributed by atoms with Crippen molar-refractivity contribution in [2.75, 3.05) is 0 Å². The topological polar surface area (TPSA) is 152 Å². The molecule has 6 atom stereocenters. The van der Waals surface area contributed by atoms with Crippen LogP contribution in [0.3, 0.4) is 0 Å². The number of aromatic hydroxyl groups is 1. The van der Waals surface area contributed by atoms with Gasteiger partial charge >= 0.3 is 0 Å². The van der Waals surface area contributed by atoms with Crippen molar-refractivity contribution in [2.45, 2.75) is 66.1 Å². The summed E-state index contributed by atoms with van der Waals surface area (Å²) in [6.07, 6.45) is -1.62. The van der Waals surface area contributed by atoms with Gasteiger partial charge in [-0.2, -0.15) is 0 Å². The molecule has 8 heteroatoms. The van der Waals surface area contributed by atoms with Gasteiger partial charge in [0, 0.05) is 16.7 Å². The Labute approximate surface area is 203 Å². The molecule has 0 heterocycles. The van der Waals surface area contributed by atoms with Gasteiger partial charge in [-0.25, -0.2) is 0 Å². The van der Waals surface area contributed by atoms with Gasteiger partial charge in [-0.3, -0.25) is 14.4 Å². The van der Waals surface area contributed by atoms with E-state index in [-0.39, 0.29) is 16.9 Å². The van der Waals surface area contributed by atoms with Crippen LogP contribution in [-0.2, 0) is 9.59 Å². The standard InChI is InChI=1S/C27H32O8/c1-10(2)18-20(30)16(13(5)28)22(32)27(35)23(33)19-21(31)17-14(29)9-8-11(3)15(17)12(4)25(19,6)24(34)26(18,27)7/h8-10,12,18,24,29,32-35H,1-7H3/t12-,18?,24-,25+,26+,27+/m1/s1. The van der Waals surface area contributed by atoms with Crippen molar-refractivity contribution >= 4 is 17.3 Å². The predicted octanol–water partition coefficient (Wildman–Crippen LogP) is 3.19. The Morgan fingerprint density at radius 1 is 1.06 bits per heavy atom. The van der Waals surface area contributed by atoms with Crippen molar-refractivity contribution in [1.29, 1.82) is 0 Å². The van der Waals surface area contributed by atoms with E-state index < -0.39 is 74.7 Å². The third-order valence-corrected chi connectivity index (χ3v) is 9.04. The van der Waals surface area contributed by atoms with Crippen LogP contribution in [-0.4, -0.2) is 54.6 Å². The Kier molecular flexibility index (Phi) is 5.22. The van der Waals surface area contributed by atoms with Crippen LogP contribution in [0.1, 0.15) is 68.9 Å². The molecule has 0 radical (unpaired) electrons. The molecule has 35 heavy (non-hydrogen) atoms. The molecule has 0 amide bonds. The fraction of sp³-hybridized carbons (Fsp3) is 0.519. The molecule has 0 saturated carbocycles. The number of carbonyl (C=O) groups is 3. The quantitative estimate of drug-likeness (QED) is 0.401. The number of rotatable bonds is 2. The lowest BCUT2D eigenvalue weighted by Crippen LogP contribution is -2.72. The molecular formula is C27H32O8. The second-order valence-electron chi connectivity index (χ2n) is 11.0. The summed E-state index contributed by atoms with van der Waals surface area (Å²) in [7, 11) is 0. The number of fused-ring (bicyclic) bond motifs is 3. The van der Waals surface area contributed by atoms with Crippen molar-refractivity contribution < 1.29 is 39.9 Å². The first kappa shape index (κ1) is 25.1. The van der Waals surface area contributed by atoms with Crippen LogP contribution < -0.4 is 0 Å². The first-order valence-electron chi connectivity index (χ1n) is 11.7. The molecule has 8 nitrogen and oxygen atoms in total. The summed E-state index contributed by atoms with van der Waals surface area (Å²) >= 11 is 0. The highest BCUT2D eigenvalue weighted by Gasteiger charge is 2.75. The molecule has 4 rings (SSSR count). The van der Waals surface area contributed by atoms with Gasteiger partial charge in [0.25, 0.3) is 0 Å². The molecule has 1 aromatic carbocycles. The van der Waals surface area contributed by atoms with E-state index in [0.29, 0.717) is 11.1 Å². The zero-order valence-electron chi connectivity index (χ0n) is 20.9. The highest BCUT2D eigenvalue weighted by Crippen LogP contribution is 2.67. The Morgan fingerprint density at radius 2 is 1.63 bits per heavy atom. The molecule has 0 aliphatic heterocycles. The maximum atomic E-state index is 13.8. The van der Waals surface area contributed by atoms with Crippen molar-refractivity contribution in [1.82, 2.24) is 0 Å². The summed E-state index contributed by atoms with van der Waals surface area (Å²) in [5.74, 6) is -7.00. The molecule has 1 aromatic rings. The molecule has 1 unspecified atom stereocenters. The number of phenols is 1. The molecule has 0 bridgehead atoms. The molecule has 3 aliphatic carbocycles. The van der Waals surface area contributed by atoms with E-state index >= 15 is 0 Å². The summed E-state index contributed by atoms with van der Waals surface area (Å²) in [5.41, 5.74) is -6.10. The van der Waals surface area contributed by atoms with Gasteiger partial charge in [-0.15, -0.1) is 0 Å². The van der Waals surface area contributed by atoms with E-state index in [9.17, 15) is 39.9 Å². The number of benzene rings is 1. The van der Waals surface area contributed by atoms with E-state index in [1.165, 1.54) is 13.0 Å². The van der Waals surface area contributed by atoms with Gasteiger partial charge in [0.2, 0.25) is 0 Å². The summed E-state index contributed by atoms with van der Waals surface area (Å²) in [4.78, 5) is 39.7. The van der Waals surface area contributed by atoms with Gasteiger partial charge in [0.05, 0.1) is 17.2 Å². The fourth-order valence-corrected chi connectivity index (χ4v) is 7.21. The van der Waals surface area contributed by atoms with Crippen LogP contribution in [0, 0.1) is 29.6 Å². The number of ketones is 3. The Balaban J connectivity index is 2.22. The highest BCUT2D eigenvalue weighted by molar-refractivity contribution is 6.22. The highest BCUT2D eigenvalue weighted by atomic mass is 16.4. The van der Waals surface area contributed by atoms with Gasteiger partial charge in [0.15, 0.2) is 23.0 Å². The monoisotopic (exact) mass is 484 g/mol. The molecule has 3 aliphatic rings. The normalized spacial score (nSPS) is 36.8. The number of carbonyl (C=O) groups excluding carboxylic acids is 3. The number of hydrogen-bond donors (Lipinski definition) is 5. The van der Waals surface area contributed by atoms with Crippen LogP contribution in [0.15, 0.2) is 34.8 Å². The number of Topliss-reactive ketones (excluding diaryl/α,β-unsaturated/α-hetero) is 3. The number of aliphatic hydroxyl groups excluding tert-OH is 3. The lowest BCUT2D eigenvalue weighted by Gasteiger charge is -2.63. The zero-order valence-corrected chi connectivity index (χ0v) is 20.9. The second-order valence-corrected chi connectivity index (χ2v) is 11.0. The molecule has 0 saturated heterocycles. The summed E-state index contributed by atoms with van der Waals surface area (Å²) < 4.78 is 0. The molecule has 188 valence electrons. The Bertz CT molecular complexity index is 1270. The fourth-order valence-electron chi connectivity index (χ4n) is 7.21. The van der Waals surface area contributed by atoms with E-state index in [1.54, 1.807) is 40.7 Å². The molecule has 0 aromatic heterocycles. The number of aliphatic hydroxyl groups is 4. The largest absolute Gasteiger partial charge is 0.508 e. The molecular weight excluding hydrogens is 452 g/mol. The van der Waals surface area contributed by atoms with Crippen molar-refractivity contribution in [3.8, 4) is 5.75 Å². The lowest BCUT2D eigenvalue weighted by atomic mass is 9.41. The lowest BCUT2D eigenvalue weighted by molar-refractivity contribution is -0.211. The van der Waals surface area contributed by atoms with Crippen LogP contribution in [0.5, 0.6) is 5.75 Å². The van der Waals surface area contributed by atoms with E-state index in [0.717, 1.165) is 6.92 Å². The summed E-state index contributed by atoms with van der Waals surface area (Å²) in [6, 6.07) is 3.01. The van der Waals surface area contributed by atoms with Crippen LogP contribution in [0.2, 0.25) is 0 Å². The SMILES string of the molecule is CC(=O)C1=C(O)[C@]2(O)C(O)=C3C(=O)c4c(O)ccc(C)c4[C@@H](C)[C@]3(C)[C@@H](O)[C@]2(C)C(C(C)C)C1=O. The number of phenolic OH excluding ortho intramolecular Hbond substituents is 1. The molecule has 0 fully saturated rings. The van der Waals surface area contributed by atoms with Gasteiger partial charge in [-0.05, 0) is 42.9 Å². The second kappa shape index (κ2) is 7.27. The van der Waals surface area contributed by atoms with Gasteiger partial charge < -0.3 is 25.5 Å². The van der Waals surface area contributed by atoms with Crippen LogP contribution >= 0.6 is 0 Å². The Morgan fingerprint density at radius 3 is 2.14 bits per heavy atom. The van der Waals surface area contributed by atoms with Gasteiger partial charge in [0.1, 0.15) is 22.8 Å². The average Bonchev–Trinajstić information content (AvgIpc) is 2.75. The van der Waals surface area contributed by atoms with Crippen molar-refractivity contribution in [3.05, 3.63) is 51.5 Å². The maximum absolute atomic E-state index is 13.8. The maximum Gasteiger partial charge on any atom is 0.197 e. The van der Waals surface area contributed by atoms with Crippen molar-refractivity contribution in [3.63, 3.8) is 0 Å². The van der Waals surface area contributed by atoms with Gasteiger partial charge in [-0.1, -0.05) is 40.7 Å². The third kappa shape index (κ3) is 2.56. The number of allylic oxidation sites excluding steroid dienone is 1. The average molecular weight is 485 g/mol.